The number of likely N-dealkylation sites (tertiary alicyclic amines) is 1. The summed E-state index contributed by atoms with van der Waals surface area (Å²) in [6.45, 7) is 5.11. The highest BCUT2D eigenvalue weighted by Crippen LogP contribution is 2.54. The summed E-state index contributed by atoms with van der Waals surface area (Å²) < 4.78 is 49.9. The monoisotopic (exact) mass is 516 g/mol. The molecule has 6 rings (SSSR count). The Balaban J connectivity index is 1.31. The molecule has 1 aromatic heterocycles. The second-order valence-electron chi connectivity index (χ2n) is 11.3. The summed E-state index contributed by atoms with van der Waals surface area (Å²) >= 11 is 0. The summed E-state index contributed by atoms with van der Waals surface area (Å²) in [7, 11) is 2.07. The Bertz CT molecular complexity index is 1310. The summed E-state index contributed by atoms with van der Waals surface area (Å²) in [5, 5.41) is 6.19. The van der Waals surface area contributed by atoms with Crippen molar-refractivity contribution in [2.24, 2.45) is 17.8 Å². The minimum atomic E-state index is -3.35. The van der Waals surface area contributed by atoms with E-state index in [2.05, 4.69) is 22.6 Å². The zero-order valence-electron chi connectivity index (χ0n) is 21.1. The summed E-state index contributed by atoms with van der Waals surface area (Å²) in [6, 6.07) is 4.57. The van der Waals surface area contributed by atoms with E-state index in [9.17, 15) is 22.8 Å². The predicted octanol–water partition coefficient (Wildman–Crippen LogP) is 3.31. The first kappa shape index (κ1) is 24.5. The molecule has 3 heterocycles. The van der Waals surface area contributed by atoms with Crippen LogP contribution in [0.15, 0.2) is 35.3 Å². The Morgan fingerprint density at radius 3 is 2.62 bits per heavy atom. The van der Waals surface area contributed by atoms with Crippen LogP contribution in [0.5, 0.6) is 0 Å². The van der Waals surface area contributed by atoms with Crippen LogP contribution in [0.2, 0.25) is 0 Å². The number of anilines is 1. The van der Waals surface area contributed by atoms with Gasteiger partial charge in [0.2, 0.25) is 0 Å². The van der Waals surface area contributed by atoms with E-state index in [-0.39, 0.29) is 28.6 Å². The summed E-state index contributed by atoms with van der Waals surface area (Å²) in [5.74, 6) is -3.73. The average molecular weight is 517 g/mol. The van der Waals surface area contributed by atoms with Gasteiger partial charge in [0.25, 0.3) is 17.4 Å². The van der Waals surface area contributed by atoms with Gasteiger partial charge in [-0.15, -0.1) is 0 Å². The Morgan fingerprint density at radius 2 is 2.00 bits per heavy atom. The van der Waals surface area contributed by atoms with Gasteiger partial charge < -0.3 is 24.8 Å². The van der Waals surface area contributed by atoms with Crippen molar-refractivity contribution in [1.82, 2.24) is 14.8 Å². The highest BCUT2D eigenvalue weighted by atomic mass is 19.3. The van der Waals surface area contributed by atoms with Crippen LogP contribution in [0.4, 0.5) is 18.9 Å². The highest BCUT2D eigenvalue weighted by Gasteiger charge is 2.60. The molecule has 0 bridgehead atoms. The van der Waals surface area contributed by atoms with Gasteiger partial charge in [-0.3, -0.25) is 9.59 Å². The molecule has 1 unspecified atom stereocenters. The molecule has 37 heavy (non-hydrogen) atoms. The number of hydrogen-bond donors (Lipinski definition) is 2. The molecular weight excluding hydrogens is 485 g/mol. The lowest BCUT2D eigenvalue weighted by molar-refractivity contribution is 0.0135. The first-order chi connectivity index (χ1) is 17.5. The SMILES string of the molecule is C[C@@H](NC(=O)c1cn([C@]23COC[C@H]2C3)c(=O)cc1NC1[C@H]2CN(C)C[C@@H]12)c1cccc(C(C)(F)F)c1F. The molecule has 1 aromatic carbocycles. The van der Waals surface area contributed by atoms with Gasteiger partial charge in [0.1, 0.15) is 5.82 Å². The fourth-order valence-electron chi connectivity index (χ4n) is 6.39. The maximum absolute atomic E-state index is 15.0. The van der Waals surface area contributed by atoms with Crippen molar-refractivity contribution in [2.75, 3.05) is 38.7 Å². The maximum atomic E-state index is 15.0. The number of benzene rings is 1. The minimum Gasteiger partial charge on any atom is -0.381 e. The number of ether oxygens (including phenoxy) is 1. The van der Waals surface area contributed by atoms with Crippen LogP contribution >= 0.6 is 0 Å². The molecule has 4 fully saturated rings. The van der Waals surface area contributed by atoms with E-state index in [1.807, 2.05) is 0 Å². The lowest BCUT2D eigenvalue weighted by Gasteiger charge is -2.22. The normalized spacial score (nSPS) is 31.0. The molecule has 0 spiro atoms. The second kappa shape index (κ2) is 8.33. The summed E-state index contributed by atoms with van der Waals surface area (Å²) in [5.41, 5.74) is -0.661. The average Bonchev–Trinajstić information content (AvgIpc) is 3.54. The van der Waals surface area contributed by atoms with Crippen LogP contribution in [0, 0.1) is 23.6 Å². The molecule has 10 heteroatoms. The molecule has 1 amide bonds. The van der Waals surface area contributed by atoms with Crippen LogP contribution in [0.3, 0.4) is 0 Å². The molecule has 0 radical (unpaired) electrons. The number of rotatable bonds is 7. The van der Waals surface area contributed by atoms with Gasteiger partial charge in [0, 0.05) is 49.8 Å². The predicted molar refractivity (Wildman–Crippen MR) is 131 cm³/mol. The lowest BCUT2D eigenvalue weighted by Crippen LogP contribution is -2.36. The van der Waals surface area contributed by atoms with E-state index >= 15 is 0 Å². The molecule has 2 aliphatic carbocycles. The third-order valence-electron chi connectivity index (χ3n) is 8.66. The van der Waals surface area contributed by atoms with Crippen LogP contribution in [0.1, 0.15) is 47.8 Å². The van der Waals surface area contributed by atoms with Gasteiger partial charge in [0.15, 0.2) is 0 Å². The van der Waals surface area contributed by atoms with E-state index in [0.717, 1.165) is 25.6 Å². The molecule has 2 saturated carbocycles. The number of nitrogens with zero attached hydrogens (tertiary/aromatic N) is 2. The zero-order valence-corrected chi connectivity index (χ0v) is 21.1. The number of carbonyl (C=O) groups excluding carboxylic acids is 1. The van der Waals surface area contributed by atoms with Crippen molar-refractivity contribution in [3.05, 3.63) is 63.3 Å². The van der Waals surface area contributed by atoms with Crippen molar-refractivity contribution in [1.29, 1.82) is 0 Å². The topological polar surface area (TPSA) is 75.6 Å². The van der Waals surface area contributed by atoms with Crippen LogP contribution < -0.4 is 16.2 Å². The zero-order chi connectivity index (χ0) is 26.3. The molecule has 7 nitrogen and oxygen atoms in total. The molecular formula is C27H31F3N4O3. The molecule has 2 saturated heterocycles. The van der Waals surface area contributed by atoms with Gasteiger partial charge >= 0.3 is 0 Å². The van der Waals surface area contributed by atoms with Crippen molar-refractivity contribution in [2.45, 2.75) is 43.8 Å². The van der Waals surface area contributed by atoms with Gasteiger partial charge in [-0.2, -0.15) is 0 Å². The second-order valence-corrected chi connectivity index (χ2v) is 11.3. The largest absolute Gasteiger partial charge is 0.381 e. The number of aromatic nitrogens is 1. The van der Waals surface area contributed by atoms with E-state index in [1.54, 1.807) is 17.7 Å². The van der Waals surface area contributed by atoms with E-state index in [4.69, 9.17) is 4.74 Å². The molecule has 4 aliphatic rings. The molecule has 2 N–H and O–H groups in total. The maximum Gasteiger partial charge on any atom is 0.273 e. The fraction of sp³-hybridized carbons (Fsp3) is 0.556. The standard InChI is InChI=1S/C27H31F3N4O3/c1-14(16-5-4-6-20(23(16)28)26(2,29)30)31-25(36)19-11-34(27-8-15(27)12-37-13-27)22(35)7-21(19)32-24-17-9-33(3)10-18(17)24/h4-7,11,14-15,17-18,24,32H,8-10,12-13H2,1-3H3,(H,31,36)/t14-,15-,17-,18+,24?,27-/m1/s1. The number of hydrogen-bond acceptors (Lipinski definition) is 5. The Morgan fingerprint density at radius 1 is 1.27 bits per heavy atom. The Labute approximate surface area is 213 Å². The molecule has 6 atom stereocenters. The highest BCUT2D eigenvalue weighted by molar-refractivity contribution is 5.99. The number of pyridine rings is 1. The fourth-order valence-corrected chi connectivity index (χ4v) is 6.39. The summed E-state index contributed by atoms with van der Waals surface area (Å²) in [6.07, 6.45) is 2.40. The van der Waals surface area contributed by atoms with Crippen molar-refractivity contribution in [3.63, 3.8) is 0 Å². The summed E-state index contributed by atoms with van der Waals surface area (Å²) in [4.78, 5) is 29.0. The Kier molecular flexibility index (Phi) is 5.51. The van der Waals surface area contributed by atoms with Crippen molar-refractivity contribution >= 4 is 11.6 Å². The number of piperidine rings is 1. The van der Waals surface area contributed by atoms with Gasteiger partial charge in [-0.1, -0.05) is 18.2 Å². The number of fused-ring (bicyclic) bond motifs is 2. The van der Waals surface area contributed by atoms with Gasteiger partial charge in [-0.05, 0) is 32.2 Å². The van der Waals surface area contributed by atoms with Crippen LogP contribution in [-0.4, -0.2) is 54.8 Å². The number of amides is 1. The van der Waals surface area contributed by atoms with Gasteiger partial charge in [-0.25, -0.2) is 13.2 Å². The molecule has 2 aromatic rings. The number of halogens is 3. The molecule has 2 aliphatic heterocycles. The van der Waals surface area contributed by atoms with Gasteiger partial charge in [0.05, 0.1) is 41.6 Å². The minimum absolute atomic E-state index is 0.0278. The van der Waals surface area contributed by atoms with E-state index in [1.165, 1.54) is 18.2 Å². The van der Waals surface area contributed by atoms with Crippen molar-refractivity contribution < 1.29 is 22.7 Å². The third kappa shape index (κ3) is 4.05. The third-order valence-corrected chi connectivity index (χ3v) is 8.66. The van der Waals surface area contributed by atoms with E-state index in [0.29, 0.717) is 37.7 Å². The lowest BCUT2D eigenvalue weighted by atomic mass is 10.0. The van der Waals surface area contributed by atoms with Crippen molar-refractivity contribution in [3.8, 4) is 0 Å². The smallest absolute Gasteiger partial charge is 0.273 e. The number of nitrogens with one attached hydrogen (secondary N) is 2. The quantitative estimate of drug-likeness (QED) is 0.591. The van der Waals surface area contributed by atoms with E-state index < -0.39 is 34.8 Å². The van der Waals surface area contributed by atoms with Crippen LogP contribution in [0.25, 0.3) is 0 Å². The molecule has 198 valence electrons. The first-order valence-corrected chi connectivity index (χ1v) is 12.8. The number of carbonyl (C=O) groups is 1. The number of alkyl halides is 2. The Hall–Kier alpha value is -2.85. The van der Waals surface area contributed by atoms with Crippen LogP contribution in [-0.2, 0) is 16.2 Å². The first-order valence-electron chi connectivity index (χ1n) is 12.8.